The SMILES string of the molecule is C/C=C1\NC(=O)C2CSSCC/C=C\C(CC(=O)NC(C(C)C)C(=O)N2)OC(=O)C(CC)NC1=O. The summed E-state index contributed by atoms with van der Waals surface area (Å²) in [4.78, 5) is 64.7. The van der Waals surface area contributed by atoms with E-state index < -0.39 is 53.8 Å². The van der Waals surface area contributed by atoms with Crippen molar-refractivity contribution < 1.29 is 28.7 Å². The van der Waals surface area contributed by atoms with Crippen LogP contribution in [0, 0.1) is 5.92 Å². The van der Waals surface area contributed by atoms with Crippen molar-refractivity contribution >= 4 is 51.2 Å². The maximum Gasteiger partial charge on any atom is 0.329 e. The van der Waals surface area contributed by atoms with E-state index in [2.05, 4.69) is 21.3 Å². The third-order valence-corrected chi connectivity index (χ3v) is 7.83. The Hall–Kier alpha value is -2.47. The zero-order valence-electron chi connectivity index (χ0n) is 20.4. The zero-order chi connectivity index (χ0) is 26.0. The predicted octanol–water partition coefficient (Wildman–Crippen LogP) is 1.18. The summed E-state index contributed by atoms with van der Waals surface area (Å²) in [6.07, 6.45) is 4.77. The van der Waals surface area contributed by atoms with E-state index in [1.807, 2.05) is 6.08 Å². The van der Waals surface area contributed by atoms with Crippen LogP contribution in [-0.2, 0) is 28.7 Å². The topological polar surface area (TPSA) is 143 Å². The minimum atomic E-state index is -0.970. The predicted molar refractivity (Wildman–Crippen MR) is 136 cm³/mol. The molecule has 4 atom stereocenters. The summed E-state index contributed by atoms with van der Waals surface area (Å²) in [5.41, 5.74) is -0.0419. The van der Waals surface area contributed by atoms with Crippen molar-refractivity contribution in [3.8, 4) is 0 Å². The summed E-state index contributed by atoms with van der Waals surface area (Å²) in [7, 11) is 2.95. The molecule has 4 unspecified atom stereocenters. The lowest BCUT2D eigenvalue weighted by atomic mass is 10.0. The van der Waals surface area contributed by atoms with Crippen molar-refractivity contribution in [2.24, 2.45) is 5.92 Å². The molecule has 2 bridgehead atoms. The van der Waals surface area contributed by atoms with Gasteiger partial charge in [-0.05, 0) is 31.8 Å². The van der Waals surface area contributed by atoms with Crippen molar-refractivity contribution in [2.45, 2.75) is 71.2 Å². The van der Waals surface area contributed by atoms with Gasteiger partial charge in [0.25, 0.3) is 5.91 Å². The van der Waals surface area contributed by atoms with E-state index in [-0.39, 0.29) is 30.2 Å². The molecule has 4 amide bonds. The number of hydrogen-bond acceptors (Lipinski definition) is 8. The Morgan fingerprint density at radius 2 is 1.83 bits per heavy atom. The average Bonchev–Trinajstić information content (AvgIpc) is 2.81. The lowest BCUT2D eigenvalue weighted by molar-refractivity contribution is -0.152. The standard InChI is InChI=1S/C23H34N4O6S2/c1-5-15-20(29)25-16(6-2)23(32)33-14-9-7-8-10-34-35-12-17(21(30)24-15)26-22(31)19(13(3)4)27-18(28)11-14/h5,7,9,13-14,16-17,19H,6,8,10-12H2,1-4H3,(H,24,30)(H,25,29)(H,26,31)(H,27,28)/b9-7-,15-5-. The summed E-state index contributed by atoms with van der Waals surface area (Å²) in [5, 5.41) is 10.6. The van der Waals surface area contributed by atoms with Crippen LogP contribution in [0.4, 0.5) is 0 Å². The van der Waals surface area contributed by atoms with Gasteiger partial charge in [0, 0.05) is 11.5 Å². The van der Waals surface area contributed by atoms with Crippen molar-refractivity contribution in [3.05, 3.63) is 23.9 Å². The Kier molecular flexibility index (Phi) is 11.7. The van der Waals surface area contributed by atoms with Crippen molar-refractivity contribution in [1.82, 2.24) is 21.3 Å². The van der Waals surface area contributed by atoms with E-state index in [9.17, 15) is 24.0 Å². The fourth-order valence-electron chi connectivity index (χ4n) is 3.36. The largest absolute Gasteiger partial charge is 0.456 e. The minimum absolute atomic E-state index is 0.0419. The number of nitrogens with one attached hydrogen (secondary N) is 4. The highest BCUT2D eigenvalue weighted by atomic mass is 33.1. The number of carbonyl (C=O) groups excluding carboxylic acids is 5. The quantitative estimate of drug-likeness (QED) is 0.182. The molecule has 35 heavy (non-hydrogen) atoms. The van der Waals surface area contributed by atoms with Crippen LogP contribution in [0.1, 0.15) is 47.0 Å². The molecule has 0 spiro atoms. The highest BCUT2D eigenvalue weighted by Crippen LogP contribution is 2.24. The van der Waals surface area contributed by atoms with Gasteiger partial charge < -0.3 is 26.0 Å². The van der Waals surface area contributed by atoms with Gasteiger partial charge in [0.05, 0.1) is 6.42 Å². The molecule has 2 heterocycles. The van der Waals surface area contributed by atoms with Crippen molar-refractivity contribution in [3.63, 3.8) is 0 Å². The Bertz CT molecular complexity index is 876. The van der Waals surface area contributed by atoms with Gasteiger partial charge in [-0.2, -0.15) is 0 Å². The number of rotatable bonds is 2. The number of carbonyl (C=O) groups is 5. The van der Waals surface area contributed by atoms with Gasteiger partial charge in [-0.1, -0.05) is 54.5 Å². The van der Waals surface area contributed by atoms with Gasteiger partial charge in [-0.25, -0.2) is 4.79 Å². The van der Waals surface area contributed by atoms with Crippen LogP contribution in [0.3, 0.4) is 0 Å². The van der Waals surface area contributed by atoms with Crippen LogP contribution in [0.25, 0.3) is 0 Å². The van der Waals surface area contributed by atoms with E-state index in [1.165, 1.54) is 27.7 Å². The fourth-order valence-corrected chi connectivity index (χ4v) is 5.51. The van der Waals surface area contributed by atoms with E-state index >= 15 is 0 Å². The Labute approximate surface area is 213 Å². The first-order valence-electron chi connectivity index (χ1n) is 11.7. The van der Waals surface area contributed by atoms with Crippen LogP contribution < -0.4 is 21.3 Å². The molecule has 2 aliphatic heterocycles. The number of ether oxygens (including phenoxy) is 1. The minimum Gasteiger partial charge on any atom is -0.456 e. The first kappa shape index (κ1) is 28.8. The highest BCUT2D eigenvalue weighted by molar-refractivity contribution is 8.76. The van der Waals surface area contributed by atoms with Crippen LogP contribution >= 0.6 is 21.6 Å². The molecule has 2 aliphatic rings. The lowest BCUT2D eigenvalue weighted by Crippen LogP contribution is -2.57. The summed E-state index contributed by atoms with van der Waals surface area (Å²) in [6, 6.07) is -2.82. The van der Waals surface area contributed by atoms with E-state index in [0.717, 1.165) is 0 Å². The van der Waals surface area contributed by atoms with Gasteiger partial charge in [0.1, 0.15) is 29.9 Å². The van der Waals surface area contributed by atoms with Crippen molar-refractivity contribution in [1.29, 1.82) is 0 Å². The van der Waals surface area contributed by atoms with Crippen LogP contribution in [0.2, 0.25) is 0 Å². The molecule has 10 nitrogen and oxygen atoms in total. The molecule has 0 aromatic carbocycles. The van der Waals surface area contributed by atoms with Crippen LogP contribution in [0.15, 0.2) is 23.9 Å². The van der Waals surface area contributed by atoms with E-state index in [0.29, 0.717) is 12.2 Å². The van der Waals surface area contributed by atoms with Crippen LogP contribution in [-0.4, -0.2) is 65.3 Å². The molecule has 0 aromatic rings. The Balaban J connectivity index is 2.52. The molecule has 1 fully saturated rings. The summed E-state index contributed by atoms with van der Waals surface area (Å²) in [6.45, 7) is 6.86. The summed E-state index contributed by atoms with van der Waals surface area (Å²) in [5.74, 6) is -2.20. The van der Waals surface area contributed by atoms with Gasteiger partial charge >= 0.3 is 5.97 Å². The third-order valence-electron chi connectivity index (χ3n) is 5.38. The smallest absolute Gasteiger partial charge is 0.329 e. The Morgan fingerprint density at radius 3 is 2.49 bits per heavy atom. The number of allylic oxidation sites excluding steroid dienone is 2. The fraction of sp³-hybridized carbons (Fsp3) is 0.609. The van der Waals surface area contributed by atoms with E-state index in [4.69, 9.17) is 4.74 Å². The second-order valence-corrected chi connectivity index (χ2v) is 11.1. The molecule has 4 N–H and O–H groups in total. The number of amides is 4. The first-order chi connectivity index (χ1) is 16.7. The third kappa shape index (κ3) is 8.92. The van der Waals surface area contributed by atoms with E-state index in [1.54, 1.807) is 33.8 Å². The van der Waals surface area contributed by atoms with Gasteiger partial charge in [0.2, 0.25) is 17.7 Å². The zero-order valence-corrected chi connectivity index (χ0v) is 22.1. The highest BCUT2D eigenvalue weighted by Gasteiger charge is 2.32. The number of hydrogen-bond donors (Lipinski definition) is 4. The van der Waals surface area contributed by atoms with Crippen molar-refractivity contribution in [2.75, 3.05) is 11.5 Å². The molecule has 0 saturated carbocycles. The molecule has 1 saturated heterocycles. The molecule has 194 valence electrons. The first-order valence-corrected chi connectivity index (χ1v) is 14.1. The summed E-state index contributed by atoms with van der Waals surface area (Å²) >= 11 is 0. The molecule has 0 radical (unpaired) electrons. The maximum absolute atomic E-state index is 13.1. The van der Waals surface area contributed by atoms with Gasteiger partial charge in [0.15, 0.2) is 0 Å². The monoisotopic (exact) mass is 526 g/mol. The second-order valence-electron chi connectivity index (χ2n) is 8.48. The lowest BCUT2D eigenvalue weighted by Gasteiger charge is -2.27. The molecule has 12 heteroatoms. The number of esters is 1. The molecular weight excluding hydrogens is 492 g/mol. The van der Waals surface area contributed by atoms with Gasteiger partial charge in [-0.3, -0.25) is 19.2 Å². The molecular formula is C23H34N4O6S2. The normalized spacial score (nSPS) is 30.0. The number of fused-ring (bicyclic) bond motifs is 7. The maximum atomic E-state index is 13.1. The second kappa shape index (κ2) is 14.2. The molecule has 0 aliphatic carbocycles. The summed E-state index contributed by atoms with van der Waals surface area (Å²) < 4.78 is 5.58. The van der Waals surface area contributed by atoms with Crippen LogP contribution in [0.5, 0.6) is 0 Å². The average molecular weight is 527 g/mol. The molecule has 0 aromatic heterocycles. The molecule has 2 rings (SSSR count). The Morgan fingerprint density at radius 1 is 1.09 bits per heavy atom. The van der Waals surface area contributed by atoms with Gasteiger partial charge in [-0.15, -0.1) is 0 Å².